The number of nitrogens with one attached hydrogen (secondary N) is 1. The third-order valence-corrected chi connectivity index (χ3v) is 2.51. The van der Waals surface area contributed by atoms with Crippen LogP contribution in [0.4, 0.5) is 0 Å². The summed E-state index contributed by atoms with van der Waals surface area (Å²) in [5.41, 5.74) is 3.07. The van der Waals surface area contributed by atoms with Gasteiger partial charge >= 0.3 is 0 Å². The molecular formula is C10H21NO2. The molecule has 3 atom stereocenters. The SMILES string of the molecule is CC(C)C[C@@]1(C)C[C@H]([C@@H](C)O)ON1. The number of aliphatic hydroxyl groups excluding tert-OH is 1. The summed E-state index contributed by atoms with van der Waals surface area (Å²) in [6.07, 6.45) is 1.53. The first-order chi connectivity index (χ1) is 5.93. The highest BCUT2D eigenvalue weighted by Crippen LogP contribution is 2.29. The van der Waals surface area contributed by atoms with Gasteiger partial charge in [-0.25, -0.2) is 0 Å². The Kier molecular flexibility index (Phi) is 3.33. The van der Waals surface area contributed by atoms with E-state index in [0.29, 0.717) is 5.92 Å². The molecule has 13 heavy (non-hydrogen) atoms. The first-order valence-electron chi connectivity index (χ1n) is 5.04. The van der Waals surface area contributed by atoms with E-state index in [4.69, 9.17) is 4.84 Å². The van der Waals surface area contributed by atoms with Gasteiger partial charge in [0.05, 0.1) is 6.10 Å². The summed E-state index contributed by atoms with van der Waals surface area (Å²) in [6.45, 7) is 8.31. The van der Waals surface area contributed by atoms with E-state index in [1.807, 2.05) is 0 Å². The van der Waals surface area contributed by atoms with E-state index >= 15 is 0 Å². The van der Waals surface area contributed by atoms with Crippen LogP contribution < -0.4 is 5.48 Å². The minimum atomic E-state index is -0.388. The summed E-state index contributed by atoms with van der Waals surface area (Å²) < 4.78 is 0. The molecule has 1 fully saturated rings. The monoisotopic (exact) mass is 187 g/mol. The van der Waals surface area contributed by atoms with E-state index in [1.54, 1.807) is 6.92 Å². The van der Waals surface area contributed by atoms with E-state index in [2.05, 4.69) is 26.3 Å². The molecule has 0 radical (unpaired) electrons. The van der Waals surface area contributed by atoms with Gasteiger partial charge in [0.1, 0.15) is 6.10 Å². The summed E-state index contributed by atoms with van der Waals surface area (Å²) >= 11 is 0. The summed E-state index contributed by atoms with van der Waals surface area (Å²) in [7, 11) is 0. The molecule has 0 amide bonds. The van der Waals surface area contributed by atoms with Crippen molar-refractivity contribution in [2.75, 3.05) is 0 Å². The fourth-order valence-corrected chi connectivity index (χ4v) is 2.04. The standard InChI is InChI=1S/C10H21NO2/c1-7(2)5-10(4)6-9(8(3)12)13-11-10/h7-9,11-12H,5-6H2,1-4H3/t8-,9-,10+/m1/s1. The topological polar surface area (TPSA) is 41.5 Å². The third-order valence-electron chi connectivity index (χ3n) is 2.51. The van der Waals surface area contributed by atoms with Crippen molar-refractivity contribution in [3.8, 4) is 0 Å². The minimum absolute atomic E-state index is 0.0375. The molecule has 0 aromatic heterocycles. The minimum Gasteiger partial charge on any atom is -0.391 e. The lowest BCUT2D eigenvalue weighted by Gasteiger charge is -2.24. The van der Waals surface area contributed by atoms with Gasteiger partial charge in [-0.1, -0.05) is 13.8 Å². The van der Waals surface area contributed by atoms with Gasteiger partial charge in [0.2, 0.25) is 0 Å². The molecule has 0 aromatic carbocycles. The van der Waals surface area contributed by atoms with E-state index in [0.717, 1.165) is 12.8 Å². The number of hydroxylamine groups is 1. The summed E-state index contributed by atoms with van der Waals surface area (Å²) in [5.74, 6) is 0.647. The van der Waals surface area contributed by atoms with Gasteiger partial charge < -0.3 is 5.11 Å². The van der Waals surface area contributed by atoms with E-state index in [-0.39, 0.29) is 17.7 Å². The molecule has 0 spiro atoms. The molecule has 1 saturated heterocycles. The lowest BCUT2D eigenvalue weighted by atomic mass is 9.86. The zero-order valence-corrected chi connectivity index (χ0v) is 9.00. The van der Waals surface area contributed by atoms with Crippen molar-refractivity contribution >= 4 is 0 Å². The van der Waals surface area contributed by atoms with Crippen molar-refractivity contribution in [2.24, 2.45) is 5.92 Å². The molecule has 1 aliphatic rings. The van der Waals surface area contributed by atoms with Crippen molar-refractivity contribution in [1.29, 1.82) is 0 Å². The van der Waals surface area contributed by atoms with Crippen LogP contribution in [0.2, 0.25) is 0 Å². The van der Waals surface area contributed by atoms with Gasteiger partial charge in [-0.15, -0.1) is 0 Å². The Bertz CT molecular complexity index is 170. The van der Waals surface area contributed by atoms with Crippen LogP contribution in [0.5, 0.6) is 0 Å². The van der Waals surface area contributed by atoms with Crippen LogP contribution in [0, 0.1) is 5.92 Å². The lowest BCUT2D eigenvalue weighted by molar-refractivity contribution is -0.0444. The quantitative estimate of drug-likeness (QED) is 0.703. The maximum absolute atomic E-state index is 9.35. The van der Waals surface area contributed by atoms with E-state index in [1.165, 1.54) is 0 Å². The third kappa shape index (κ3) is 2.93. The molecule has 2 N–H and O–H groups in total. The zero-order chi connectivity index (χ0) is 10.1. The van der Waals surface area contributed by atoms with Crippen LogP contribution in [0.25, 0.3) is 0 Å². The highest BCUT2D eigenvalue weighted by Gasteiger charge is 2.38. The van der Waals surface area contributed by atoms with Crippen LogP contribution in [0.15, 0.2) is 0 Å². The van der Waals surface area contributed by atoms with Gasteiger partial charge in [0.15, 0.2) is 0 Å². The molecule has 1 heterocycles. The fraction of sp³-hybridized carbons (Fsp3) is 1.00. The van der Waals surface area contributed by atoms with Gasteiger partial charge in [-0.2, -0.15) is 5.48 Å². The first-order valence-corrected chi connectivity index (χ1v) is 5.04. The molecule has 1 rings (SSSR count). The second kappa shape index (κ2) is 3.95. The van der Waals surface area contributed by atoms with Gasteiger partial charge in [0, 0.05) is 5.54 Å². The van der Waals surface area contributed by atoms with Crippen LogP contribution in [0.1, 0.15) is 40.5 Å². The Morgan fingerprint density at radius 2 is 2.15 bits per heavy atom. The molecule has 1 aliphatic heterocycles. The normalized spacial score (nSPS) is 36.9. The molecule has 78 valence electrons. The van der Waals surface area contributed by atoms with Crippen LogP contribution in [-0.4, -0.2) is 22.9 Å². The highest BCUT2D eigenvalue weighted by molar-refractivity contribution is 4.90. The maximum atomic E-state index is 9.35. The average molecular weight is 187 g/mol. The van der Waals surface area contributed by atoms with Crippen molar-refractivity contribution in [3.63, 3.8) is 0 Å². The second-order valence-electron chi connectivity index (χ2n) is 4.86. The highest BCUT2D eigenvalue weighted by atomic mass is 16.7. The van der Waals surface area contributed by atoms with Crippen molar-refractivity contribution < 1.29 is 9.94 Å². The Labute approximate surface area is 80.4 Å². The summed E-state index contributed by atoms with van der Waals surface area (Å²) in [6, 6.07) is 0. The Morgan fingerprint density at radius 1 is 1.54 bits per heavy atom. The largest absolute Gasteiger partial charge is 0.391 e. The molecule has 0 unspecified atom stereocenters. The molecule has 0 aromatic rings. The van der Waals surface area contributed by atoms with E-state index < -0.39 is 0 Å². The smallest absolute Gasteiger partial charge is 0.106 e. The predicted octanol–water partition coefficient (Wildman–Crippen LogP) is 1.47. The Balaban J connectivity index is 2.46. The van der Waals surface area contributed by atoms with Crippen LogP contribution in [0.3, 0.4) is 0 Å². The number of hydrogen-bond donors (Lipinski definition) is 2. The molecule has 0 saturated carbocycles. The van der Waals surface area contributed by atoms with E-state index in [9.17, 15) is 5.11 Å². The predicted molar refractivity (Wildman–Crippen MR) is 52.2 cm³/mol. The molecule has 0 aliphatic carbocycles. The van der Waals surface area contributed by atoms with Gasteiger partial charge in [0.25, 0.3) is 0 Å². The maximum Gasteiger partial charge on any atom is 0.106 e. The Hall–Kier alpha value is -0.120. The molecule has 3 heteroatoms. The van der Waals surface area contributed by atoms with Crippen molar-refractivity contribution in [1.82, 2.24) is 5.48 Å². The van der Waals surface area contributed by atoms with Gasteiger partial charge in [-0.05, 0) is 32.6 Å². The molecule has 0 bridgehead atoms. The summed E-state index contributed by atoms with van der Waals surface area (Å²) in [5, 5.41) is 9.35. The zero-order valence-electron chi connectivity index (χ0n) is 9.00. The van der Waals surface area contributed by atoms with Gasteiger partial charge in [-0.3, -0.25) is 4.84 Å². The molecule has 3 nitrogen and oxygen atoms in total. The lowest BCUT2D eigenvalue weighted by Crippen LogP contribution is -2.36. The first kappa shape index (κ1) is 11.0. The summed E-state index contributed by atoms with van der Waals surface area (Å²) in [4.78, 5) is 5.33. The average Bonchev–Trinajstić information content (AvgIpc) is 2.29. The number of hydrogen-bond acceptors (Lipinski definition) is 3. The van der Waals surface area contributed by atoms with Crippen molar-refractivity contribution in [3.05, 3.63) is 0 Å². The van der Waals surface area contributed by atoms with Crippen molar-refractivity contribution in [2.45, 2.75) is 58.3 Å². The fourth-order valence-electron chi connectivity index (χ4n) is 2.04. The van der Waals surface area contributed by atoms with Crippen LogP contribution in [-0.2, 0) is 4.84 Å². The number of aliphatic hydroxyl groups is 1. The second-order valence-corrected chi connectivity index (χ2v) is 4.86. The Morgan fingerprint density at radius 3 is 2.54 bits per heavy atom. The number of rotatable bonds is 3. The van der Waals surface area contributed by atoms with Crippen LogP contribution >= 0.6 is 0 Å². The molecular weight excluding hydrogens is 166 g/mol.